The van der Waals surface area contributed by atoms with Crippen molar-refractivity contribution in [1.82, 2.24) is 4.98 Å². The second-order valence-corrected chi connectivity index (χ2v) is 3.86. The standard InChI is InChI=1S/C12H16N4O/c1-2-14-12-7-10(3-4-15-12)16-5-6-17-11(8-13)9-16/h3-4,7,11H,2,5-6,9H2,1H3,(H,14,15). The van der Waals surface area contributed by atoms with Gasteiger partial charge in [-0.25, -0.2) is 4.98 Å². The smallest absolute Gasteiger partial charge is 0.161 e. The molecule has 1 aliphatic heterocycles. The summed E-state index contributed by atoms with van der Waals surface area (Å²) in [6, 6.07) is 6.11. The van der Waals surface area contributed by atoms with Crippen molar-refractivity contribution < 1.29 is 4.74 Å². The molecule has 0 aromatic carbocycles. The molecule has 1 aliphatic rings. The first kappa shape index (κ1) is 11.7. The molecule has 1 aromatic rings. The van der Waals surface area contributed by atoms with Crippen molar-refractivity contribution >= 4 is 11.5 Å². The Morgan fingerprint density at radius 1 is 1.71 bits per heavy atom. The third-order valence-corrected chi connectivity index (χ3v) is 2.68. The monoisotopic (exact) mass is 232 g/mol. The molecule has 0 bridgehead atoms. The number of aromatic nitrogens is 1. The van der Waals surface area contributed by atoms with E-state index in [0.29, 0.717) is 13.2 Å². The van der Waals surface area contributed by atoms with Crippen LogP contribution in [0.2, 0.25) is 0 Å². The minimum atomic E-state index is -0.334. The second kappa shape index (κ2) is 5.51. The molecule has 17 heavy (non-hydrogen) atoms. The van der Waals surface area contributed by atoms with E-state index in [1.165, 1.54) is 0 Å². The summed E-state index contributed by atoms with van der Waals surface area (Å²) in [5, 5.41) is 12.0. The molecule has 90 valence electrons. The van der Waals surface area contributed by atoms with Gasteiger partial charge in [0.1, 0.15) is 5.82 Å². The lowest BCUT2D eigenvalue weighted by Crippen LogP contribution is -2.41. The number of nitrogens with zero attached hydrogens (tertiary/aromatic N) is 3. The van der Waals surface area contributed by atoms with Gasteiger partial charge in [0, 0.05) is 31.0 Å². The molecule has 2 heterocycles. The molecule has 5 heteroatoms. The molecule has 1 saturated heterocycles. The van der Waals surface area contributed by atoms with Crippen LogP contribution < -0.4 is 10.2 Å². The van der Waals surface area contributed by atoms with Crippen LogP contribution in [0.4, 0.5) is 11.5 Å². The van der Waals surface area contributed by atoms with E-state index in [2.05, 4.69) is 21.3 Å². The maximum Gasteiger partial charge on any atom is 0.161 e. The van der Waals surface area contributed by atoms with Gasteiger partial charge in [-0.1, -0.05) is 0 Å². The first-order valence-electron chi connectivity index (χ1n) is 5.79. The normalized spacial score (nSPS) is 19.8. The topological polar surface area (TPSA) is 61.2 Å². The molecule has 2 rings (SSSR count). The molecule has 0 aliphatic carbocycles. The summed E-state index contributed by atoms with van der Waals surface area (Å²) >= 11 is 0. The number of nitrogens with one attached hydrogen (secondary N) is 1. The number of hydrogen-bond donors (Lipinski definition) is 1. The fourth-order valence-corrected chi connectivity index (χ4v) is 1.86. The highest BCUT2D eigenvalue weighted by Crippen LogP contribution is 2.19. The van der Waals surface area contributed by atoms with Gasteiger partial charge in [0.05, 0.1) is 19.2 Å². The van der Waals surface area contributed by atoms with Crippen LogP contribution in [0, 0.1) is 11.3 Å². The van der Waals surface area contributed by atoms with Crippen molar-refractivity contribution in [2.45, 2.75) is 13.0 Å². The largest absolute Gasteiger partial charge is 0.370 e. The van der Waals surface area contributed by atoms with Crippen LogP contribution in [0.15, 0.2) is 18.3 Å². The fraction of sp³-hybridized carbons (Fsp3) is 0.500. The van der Waals surface area contributed by atoms with E-state index in [9.17, 15) is 0 Å². The zero-order chi connectivity index (χ0) is 12.1. The van der Waals surface area contributed by atoms with E-state index < -0.39 is 0 Å². The van der Waals surface area contributed by atoms with Crippen molar-refractivity contribution in [2.75, 3.05) is 36.5 Å². The minimum absolute atomic E-state index is 0.334. The molecule has 1 atom stereocenters. The van der Waals surface area contributed by atoms with E-state index in [4.69, 9.17) is 10.00 Å². The molecule has 1 fully saturated rings. The second-order valence-electron chi connectivity index (χ2n) is 3.86. The van der Waals surface area contributed by atoms with E-state index in [0.717, 1.165) is 24.6 Å². The molecule has 0 amide bonds. The van der Waals surface area contributed by atoms with Gasteiger partial charge in [0.2, 0.25) is 0 Å². The van der Waals surface area contributed by atoms with Crippen LogP contribution in [0.3, 0.4) is 0 Å². The van der Waals surface area contributed by atoms with Crippen LogP contribution in [0.5, 0.6) is 0 Å². The van der Waals surface area contributed by atoms with Gasteiger partial charge < -0.3 is 15.0 Å². The zero-order valence-corrected chi connectivity index (χ0v) is 9.89. The number of ether oxygens (including phenoxy) is 1. The van der Waals surface area contributed by atoms with Gasteiger partial charge in [-0.2, -0.15) is 5.26 Å². The Labute approximate surface area is 101 Å². The lowest BCUT2D eigenvalue weighted by atomic mass is 10.2. The Hall–Kier alpha value is -1.80. The van der Waals surface area contributed by atoms with Gasteiger partial charge in [-0.05, 0) is 13.0 Å². The first-order chi connectivity index (χ1) is 8.33. The summed E-state index contributed by atoms with van der Waals surface area (Å²) in [6.45, 7) is 4.91. The van der Waals surface area contributed by atoms with Gasteiger partial charge in [0.25, 0.3) is 0 Å². The molecular weight excluding hydrogens is 216 g/mol. The van der Waals surface area contributed by atoms with Crippen molar-refractivity contribution in [3.05, 3.63) is 18.3 Å². The molecule has 1 unspecified atom stereocenters. The predicted octanol–water partition coefficient (Wildman–Crippen LogP) is 1.24. The quantitative estimate of drug-likeness (QED) is 0.849. The zero-order valence-electron chi connectivity index (χ0n) is 9.89. The highest BCUT2D eigenvalue weighted by atomic mass is 16.5. The third kappa shape index (κ3) is 2.86. The van der Waals surface area contributed by atoms with E-state index >= 15 is 0 Å². The SMILES string of the molecule is CCNc1cc(N2CCOC(C#N)C2)ccn1. The highest BCUT2D eigenvalue weighted by molar-refractivity contribution is 5.54. The predicted molar refractivity (Wildman–Crippen MR) is 66.0 cm³/mol. The van der Waals surface area contributed by atoms with Crippen LogP contribution in [-0.4, -0.2) is 37.3 Å². The van der Waals surface area contributed by atoms with Crippen molar-refractivity contribution in [1.29, 1.82) is 5.26 Å². The van der Waals surface area contributed by atoms with E-state index in [1.54, 1.807) is 6.20 Å². The maximum atomic E-state index is 8.87. The van der Waals surface area contributed by atoms with E-state index in [1.807, 2.05) is 19.1 Å². The van der Waals surface area contributed by atoms with Crippen molar-refractivity contribution in [2.24, 2.45) is 0 Å². The highest BCUT2D eigenvalue weighted by Gasteiger charge is 2.20. The Morgan fingerprint density at radius 3 is 3.35 bits per heavy atom. The lowest BCUT2D eigenvalue weighted by molar-refractivity contribution is 0.0764. The summed E-state index contributed by atoms with van der Waals surface area (Å²) in [6.07, 6.45) is 1.45. The fourth-order valence-electron chi connectivity index (χ4n) is 1.86. The number of anilines is 2. The van der Waals surface area contributed by atoms with Gasteiger partial charge in [-0.3, -0.25) is 0 Å². The Bertz CT molecular complexity index is 415. The molecular formula is C12H16N4O. The van der Waals surface area contributed by atoms with Crippen LogP contribution >= 0.6 is 0 Å². The average Bonchev–Trinajstić information content (AvgIpc) is 2.40. The third-order valence-electron chi connectivity index (χ3n) is 2.68. The molecule has 0 radical (unpaired) electrons. The number of hydrogen-bond acceptors (Lipinski definition) is 5. The molecule has 5 nitrogen and oxygen atoms in total. The van der Waals surface area contributed by atoms with Crippen LogP contribution in [-0.2, 0) is 4.74 Å². The first-order valence-corrected chi connectivity index (χ1v) is 5.79. The van der Waals surface area contributed by atoms with Crippen molar-refractivity contribution in [3.63, 3.8) is 0 Å². The summed E-state index contributed by atoms with van der Waals surface area (Å²) in [4.78, 5) is 6.38. The number of pyridine rings is 1. The summed E-state index contributed by atoms with van der Waals surface area (Å²) in [5.74, 6) is 0.866. The van der Waals surface area contributed by atoms with Gasteiger partial charge >= 0.3 is 0 Å². The number of morpholine rings is 1. The van der Waals surface area contributed by atoms with Crippen LogP contribution in [0.1, 0.15) is 6.92 Å². The maximum absolute atomic E-state index is 8.87. The molecule has 1 aromatic heterocycles. The Morgan fingerprint density at radius 2 is 2.59 bits per heavy atom. The molecule has 0 saturated carbocycles. The summed E-state index contributed by atoms with van der Waals surface area (Å²) < 4.78 is 5.32. The summed E-state index contributed by atoms with van der Waals surface area (Å²) in [5.41, 5.74) is 1.08. The van der Waals surface area contributed by atoms with Crippen molar-refractivity contribution in [3.8, 4) is 6.07 Å². The molecule has 0 spiro atoms. The number of nitriles is 1. The molecule has 1 N–H and O–H groups in total. The van der Waals surface area contributed by atoms with Crippen LogP contribution in [0.25, 0.3) is 0 Å². The Kier molecular flexibility index (Phi) is 3.78. The van der Waals surface area contributed by atoms with Gasteiger partial charge in [-0.15, -0.1) is 0 Å². The van der Waals surface area contributed by atoms with Gasteiger partial charge in [0.15, 0.2) is 6.10 Å². The number of rotatable bonds is 3. The minimum Gasteiger partial charge on any atom is -0.370 e. The lowest BCUT2D eigenvalue weighted by Gasteiger charge is -2.31. The Balaban J connectivity index is 2.10. The summed E-state index contributed by atoms with van der Waals surface area (Å²) in [7, 11) is 0. The van der Waals surface area contributed by atoms with E-state index in [-0.39, 0.29) is 6.10 Å². The average molecular weight is 232 g/mol.